The van der Waals surface area contributed by atoms with E-state index in [4.69, 9.17) is 0 Å². The number of aliphatic carboxylic acids is 1. The van der Waals surface area contributed by atoms with E-state index in [1.165, 1.54) is 20.5 Å². The number of aryl methyl sites for hydroxylation is 1. The second-order valence-corrected chi connectivity index (χ2v) is 10.0. The molecule has 2 unspecified atom stereocenters. The Morgan fingerprint density at radius 2 is 1.92 bits per heavy atom. The topological polar surface area (TPSA) is 95.0 Å². The number of rotatable bonds is 4. The molecule has 2 aliphatic heterocycles. The smallest absolute Gasteiger partial charge is 0.326 e. The Labute approximate surface area is 151 Å². The van der Waals surface area contributed by atoms with Gasteiger partial charge in [0.05, 0.1) is 5.92 Å². The maximum absolute atomic E-state index is 12.8. The van der Waals surface area contributed by atoms with Gasteiger partial charge in [0.15, 0.2) is 0 Å². The number of piperidine rings is 1. The number of carboxylic acids is 1. The molecule has 0 bridgehead atoms. The Morgan fingerprint density at radius 1 is 1.20 bits per heavy atom. The molecule has 1 amide bonds. The first-order valence-corrected chi connectivity index (χ1v) is 10.7. The summed E-state index contributed by atoms with van der Waals surface area (Å²) in [7, 11) is -3.60. The number of hydrogen-bond acceptors (Lipinski definition) is 5. The van der Waals surface area contributed by atoms with Crippen LogP contribution in [0.3, 0.4) is 0 Å². The van der Waals surface area contributed by atoms with E-state index < -0.39 is 28.0 Å². The predicted octanol–water partition coefficient (Wildman–Crippen LogP) is 1.53. The molecule has 2 atom stereocenters. The standard InChI is InChI=1S/C16H22N2O5S2/c1-11-6-7-14(24-11)25(22,23)17-8-2-4-12(10-17)15(19)18-9-3-5-13(18)16(20)21/h6-7,12-13H,2-5,8-10H2,1H3,(H,20,21). The number of amides is 1. The van der Waals surface area contributed by atoms with E-state index in [-0.39, 0.29) is 12.5 Å². The fourth-order valence-corrected chi connectivity index (χ4v) is 6.52. The van der Waals surface area contributed by atoms with E-state index in [2.05, 4.69) is 0 Å². The minimum atomic E-state index is -3.60. The lowest BCUT2D eigenvalue weighted by molar-refractivity contribution is -0.150. The first kappa shape index (κ1) is 18.3. The van der Waals surface area contributed by atoms with Gasteiger partial charge in [-0.05, 0) is 44.7 Å². The van der Waals surface area contributed by atoms with Crippen molar-refractivity contribution in [2.75, 3.05) is 19.6 Å². The fourth-order valence-electron chi connectivity index (χ4n) is 3.56. The molecule has 138 valence electrons. The third-order valence-electron chi connectivity index (χ3n) is 4.86. The SMILES string of the molecule is Cc1ccc(S(=O)(=O)N2CCCC(C(=O)N3CCCC3C(=O)O)C2)s1. The van der Waals surface area contributed by atoms with Crippen molar-refractivity contribution in [3.8, 4) is 0 Å². The van der Waals surface area contributed by atoms with Crippen LogP contribution in [0.5, 0.6) is 0 Å². The van der Waals surface area contributed by atoms with Gasteiger partial charge in [-0.2, -0.15) is 4.31 Å². The maximum atomic E-state index is 12.8. The average Bonchev–Trinajstić information content (AvgIpc) is 3.23. The van der Waals surface area contributed by atoms with Crippen LogP contribution >= 0.6 is 11.3 Å². The highest BCUT2D eigenvalue weighted by atomic mass is 32.2. The summed E-state index contributed by atoms with van der Waals surface area (Å²) in [4.78, 5) is 26.4. The molecule has 0 aliphatic carbocycles. The van der Waals surface area contributed by atoms with Crippen LogP contribution in [0.15, 0.2) is 16.3 Å². The summed E-state index contributed by atoms with van der Waals surface area (Å²) in [5.41, 5.74) is 0. The Hall–Kier alpha value is -1.45. The van der Waals surface area contributed by atoms with Crippen molar-refractivity contribution in [1.82, 2.24) is 9.21 Å². The van der Waals surface area contributed by atoms with Crippen LogP contribution in [0.25, 0.3) is 0 Å². The van der Waals surface area contributed by atoms with Gasteiger partial charge >= 0.3 is 5.97 Å². The van der Waals surface area contributed by atoms with Gasteiger partial charge in [-0.15, -0.1) is 11.3 Å². The number of carbonyl (C=O) groups is 2. The molecule has 1 aromatic rings. The van der Waals surface area contributed by atoms with Crippen LogP contribution in [0.4, 0.5) is 0 Å². The third-order valence-corrected chi connectivity index (χ3v) is 8.20. The lowest BCUT2D eigenvalue weighted by atomic mass is 9.97. The molecule has 2 saturated heterocycles. The summed E-state index contributed by atoms with van der Waals surface area (Å²) < 4.78 is 27.2. The molecule has 25 heavy (non-hydrogen) atoms. The maximum Gasteiger partial charge on any atom is 0.326 e. The highest BCUT2D eigenvalue weighted by molar-refractivity contribution is 7.91. The number of thiophene rings is 1. The highest BCUT2D eigenvalue weighted by Crippen LogP contribution is 2.30. The Morgan fingerprint density at radius 3 is 2.56 bits per heavy atom. The van der Waals surface area contributed by atoms with Gasteiger partial charge in [-0.1, -0.05) is 0 Å². The second-order valence-electron chi connectivity index (χ2n) is 6.60. The Balaban J connectivity index is 1.75. The van der Waals surface area contributed by atoms with Gasteiger partial charge < -0.3 is 10.0 Å². The number of likely N-dealkylation sites (tertiary alicyclic amines) is 1. The highest BCUT2D eigenvalue weighted by Gasteiger charge is 2.40. The van der Waals surface area contributed by atoms with Crippen LogP contribution < -0.4 is 0 Å². The molecule has 0 radical (unpaired) electrons. The summed E-state index contributed by atoms with van der Waals surface area (Å²) in [6.07, 6.45) is 2.33. The van der Waals surface area contributed by atoms with E-state index >= 15 is 0 Å². The van der Waals surface area contributed by atoms with Crippen LogP contribution in [0.2, 0.25) is 0 Å². The molecule has 0 aromatic carbocycles. The van der Waals surface area contributed by atoms with Crippen molar-refractivity contribution >= 4 is 33.2 Å². The van der Waals surface area contributed by atoms with Gasteiger partial charge in [0.1, 0.15) is 10.3 Å². The van der Waals surface area contributed by atoms with Gasteiger partial charge in [0.25, 0.3) is 10.0 Å². The van der Waals surface area contributed by atoms with E-state index in [0.29, 0.717) is 43.0 Å². The van der Waals surface area contributed by atoms with Crippen molar-refractivity contribution < 1.29 is 23.1 Å². The van der Waals surface area contributed by atoms with Crippen molar-refractivity contribution in [2.45, 2.75) is 42.9 Å². The van der Waals surface area contributed by atoms with E-state index in [1.807, 2.05) is 6.92 Å². The number of nitrogens with zero attached hydrogens (tertiary/aromatic N) is 2. The monoisotopic (exact) mass is 386 g/mol. The van der Waals surface area contributed by atoms with Crippen molar-refractivity contribution in [3.05, 3.63) is 17.0 Å². The van der Waals surface area contributed by atoms with Gasteiger partial charge in [-0.25, -0.2) is 13.2 Å². The first-order chi connectivity index (χ1) is 11.8. The molecule has 2 aliphatic rings. The molecule has 3 rings (SSSR count). The summed E-state index contributed by atoms with van der Waals surface area (Å²) in [6.45, 7) is 2.81. The molecule has 0 spiro atoms. The molecule has 3 heterocycles. The average molecular weight is 386 g/mol. The van der Waals surface area contributed by atoms with Crippen LogP contribution in [0.1, 0.15) is 30.6 Å². The fraction of sp³-hybridized carbons (Fsp3) is 0.625. The van der Waals surface area contributed by atoms with Crippen LogP contribution in [0, 0.1) is 12.8 Å². The molecule has 1 aromatic heterocycles. The van der Waals surface area contributed by atoms with Crippen molar-refractivity contribution in [1.29, 1.82) is 0 Å². The molecule has 9 heteroatoms. The van der Waals surface area contributed by atoms with Gasteiger partial charge in [0, 0.05) is 24.5 Å². The lowest BCUT2D eigenvalue weighted by Crippen LogP contribution is -2.49. The first-order valence-electron chi connectivity index (χ1n) is 8.40. The minimum absolute atomic E-state index is 0.126. The predicted molar refractivity (Wildman–Crippen MR) is 92.9 cm³/mol. The Kier molecular flexibility index (Phi) is 5.17. The molecule has 2 fully saturated rings. The summed E-state index contributed by atoms with van der Waals surface area (Å²) in [6, 6.07) is 2.59. The number of carboxylic acid groups (broad SMARTS) is 1. The molecule has 7 nitrogen and oxygen atoms in total. The minimum Gasteiger partial charge on any atom is -0.480 e. The number of carbonyl (C=O) groups excluding carboxylic acids is 1. The van der Waals surface area contributed by atoms with Gasteiger partial charge in [-0.3, -0.25) is 4.79 Å². The molecule has 0 saturated carbocycles. The largest absolute Gasteiger partial charge is 0.480 e. The second kappa shape index (κ2) is 7.05. The van der Waals surface area contributed by atoms with Gasteiger partial charge in [0.2, 0.25) is 5.91 Å². The zero-order valence-electron chi connectivity index (χ0n) is 14.1. The normalized spacial score (nSPS) is 25.2. The third kappa shape index (κ3) is 3.58. The summed E-state index contributed by atoms with van der Waals surface area (Å²) in [5.74, 6) is -1.68. The quantitative estimate of drug-likeness (QED) is 0.847. The van der Waals surface area contributed by atoms with E-state index in [9.17, 15) is 23.1 Å². The zero-order chi connectivity index (χ0) is 18.2. The van der Waals surface area contributed by atoms with Crippen molar-refractivity contribution in [2.24, 2.45) is 5.92 Å². The zero-order valence-corrected chi connectivity index (χ0v) is 15.7. The number of sulfonamides is 1. The lowest BCUT2D eigenvalue weighted by Gasteiger charge is -2.34. The van der Waals surface area contributed by atoms with E-state index in [1.54, 1.807) is 12.1 Å². The molecule has 1 N–H and O–H groups in total. The van der Waals surface area contributed by atoms with E-state index in [0.717, 1.165) is 4.88 Å². The Bertz CT molecular complexity index is 773. The molecular formula is C16H22N2O5S2. The van der Waals surface area contributed by atoms with Crippen LogP contribution in [-0.2, 0) is 19.6 Å². The van der Waals surface area contributed by atoms with Crippen molar-refractivity contribution in [3.63, 3.8) is 0 Å². The van der Waals surface area contributed by atoms with Crippen LogP contribution in [-0.4, -0.2) is 60.3 Å². The number of hydrogen-bond donors (Lipinski definition) is 1. The molecular weight excluding hydrogens is 364 g/mol. The summed E-state index contributed by atoms with van der Waals surface area (Å²) >= 11 is 1.22. The summed E-state index contributed by atoms with van der Waals surface area (Å²) in [5, 5.41) is 9.26.